The molecule has 0 aromatic heterocycles. The zero-order valence-corrected chi connectivity index (χ0v) is 28.3. The van der Waals surface area contributed by atoms with Gasteiger partial charge in [-0.25, -0.2) is 8.78 Å². The number of hydrogen-bond acceptors (Lipinski definition) is 7. The molecule has 0 radical (unpaired) electrons. The summed E-state index contributed by atoms with van der Waals surface area (Å²) >= 11 is 0. The van der Waals surface area contributed by atoms with Crippen LogP contribution in [0.4, 0.5) is 8.78 Å². The fraction of sp³-hybridized carbons (Fsp3) is 0.964. The van der Waals surface area contributed by atoms with Crippen molar-refractivity contribution in [3.63, 3.8) is 0 Å². The summed E-state index contributed by atoms with van der Waals surface area (Å²) in [7, 11) is 4.28. The molecule has 0 spiro atoms. The first-order valence-electron chi connectivity index (χ1n) is 15.1. The van der Waals surface area contributed by atoms with E-state index in [-0.39, 0.29) is 12.3 Å². The third kappa shape index (κ3) is 18.1. The van der Waals surface area contributed by atoms with Gasteiger partial charge < -0.3 is 31.5 Å². The van der Waals surface area contributed by atoms with Gasteiger partial charge in [-0.3, -0.25) is 4.79 Å². The quantitative estimate of drug-likeness (QED) is 0.0658. The molecule has 0 aliphatic carbocycles. The van der Waals surface area contributed by atoms with Crippen LogP contribution in [0.2, 0.25) is 12.1 Å². The second-order valence-electron chi connectivity index (χ2n) is 10.4. The molecule has 240 valence electrons. The van der Waals surface area contributed by atoms with Crippen molar-refractivity contribution in [1.82, 2.24) is 4.90 Å². The lowest BCUT2D eigenvalue weighted by Crippen LogP contribution is -2.44. The predicted octanol–water partition coefficient (Wildman–Crippen LogP) is 7.08. The van der Waals surface area contributed by atoms with E-state index < -0.39 is 24.0 Å². The summed E-state index contributed by atoms with van der Waals surface area (Å²) < 4.78 is 57.4. The van der Waals surface area contributed by atoms with Crippen LogP contribution >= 0.6 is 0 Å². The molecule has 8 nitrogen and oxygen atoms in total. The maximum absolute atomic E-state index is 13.1. The number of nitrogens with zero attached hydrogens (tertiary/aromatic N) is 1. The molecule has 0 N–H and O–H groups in total. The standard InChI is InChI=1S/C28H59F2NO7Si2/c1-33-39(34-2,35-3)25-19-23-31(24-20-26-40(36-4,37-5)38-6)28(32)22-18-16-14-12-10-8-7-9-11-13-15-17-21-27(29)30/h27H,7-26H2,1-6H3. The van der Waals surface area contributed by atoms with Gasteiger partial charge in [0, 0.05) is 80.7 Å². The number of hydrogen-bond donors (Lipinski definition) is 0. The van der Waals surface area contributed by atoms with E-state index >= 15 is 0 Å². The first-order valence-corrected chi connectivity index (χ1v) is 19.0. The van der Waals surface area contributed by atoms with Crippen LogP contribution in [0.5, 0.6) is 0 Å². The lowest BCUT2D eigenvalue weighted by atomic mass is 10.0. The van der Waals surface area contributed by atoms with Gasteiger partial charge in [-0.05, 0) is 25.7 Å². The molecule has 0 saturated heterocycles. The van der Waals surface area contributed by atoms with Gasteiger partial charge in [0.25, 0.3) is 0 Å². The summed E-state index contributed by atoms with van der Waals surface area (Å²) in [5.74, 6) is 0.174. The average Bonchev–Trinajstić information content (AvgIpc) is 2.97. The summed E-state index contributed by atoms with van der Waals surface area (Å²) in [6, 6.07) is 1.29. The minimum atomic E-state index is -2.68. The molecule has 0 fully saturated rings. The van der Waals surface area contributed by atoms with Crippen molar-refractivity contribution in [1.29, 1.82) is 0 Å². The molecule has 1 amide bonds. The Labute approximate surface area is 245 Å². The van der Waals surface area contributed by atoms with Crippen molar-refractivity contribution in [3.8, 4) is 0 Å². The van der Waals surface area contributed by atoms with Gasteiger partial charge in [-0.1, -0.05) is 64.2 Å². The van der Waals surface area contributed by atoms with Crippen molar-refractivity contribution >= 4 is 23.5 Å². The Balaban J connectivity index is 4.35. The van der Waals surface area contributed by atoms with Crippen LogP contribution in [-0.2, 0) is 31.4 Å². The normalized spacial score (nSPS) is 12.4. The largest absolute Gasteiger partial charge is 0.500 e. The van der Waals surface area contributed by atoms with E-state index in [1.165, 1.54) is 32.1 Å². The SMILES string of the molecule is CO[Si](CCCN(CCC[Si](OC)(OC)OC)C(=O)CCCCCCCCCCCCCCC(F)F)(OC)OC. The molecule has 0 aromatic carbocycles. The van der Waals surface area contributed by atoms with Gasteiger partial charge in [-0.2, -0.15) is 0 Å². The molecule has 0 atom stereocenters. The monoisotopic (exact) mass is 615 g/mol. The Morgan fingerprint density at radius 2 is 0.875 bits per heavy atom. The Kier molecular flexibility index (Phi) is 24.8. The van der Waals surface area contributed by atoms with E-state index in [0.29, 0.717) is 38.0 Å². The lowest BCUT2D eigenvalue weighted by Gasteiger charge is -2.28. The fourth-order valence-electron chi connectivity index (χ4n) is 4.95. The average molecular weight is 616 g/mol. The van der Waals surface area contributed by atoms with Gasteiger partial charge in [0.1, 0.15) is 0 Å². The minimum absolute atomic E-state index is 0.0437. The Hall–Kier alpha value is -0.476. The van der Waals surface area contributed by atoms with Crippen molar-refractivity contribution < 1.29 is 40.1 Å². The topological polar surface area (TPSA) is 75.7 Å². The molecule has 0 bridgehead atoms. The van der Waals surface area contributed by atoms with Gasteiger partial charge in [0.15, 0.2) is 0 Å². The summed E-state index contributed by atoms with van der Waals surface area (Å²) in [6.45, 7) is 1.24. The molecule has 0 heterocycles. The Morgan fingerprint density at radius 1 is 0.550 bits per heavy atom. The molecule has 40 heavy (non-hydrogen) atoms. The van der Waals surface area contributed by atoms with Crippen LogP contribution in [0.1, 0.15) is 103 Å². The minimum Gasteiger partial charge on any atom is -0.377 e. The van der Waals surface area contributed by atoms with Gasteiger partial charge in [0.05, 0.1) is 0 Å². The predicted molar refractivity (Wildman–Crippen MR) is 160 cm³/mol. The van der Waals surface area contributed by atoms with E-state index in [1.807, 2.05) is 4.90 Å². The van der Waals surface area contributed by atoms with Crippen molar-refractivity contribution in [3.05, 3.63) is 0 Å². The second-order valence-corrected chi connectivity index (χ2v) is 16.5. The highest BCUT2D eigenvalue weighted by atomic mass is 28.4. The highest BCUT2D eigenvalue weighted by Gasteiger charge is 2.38. The van der Waals surface area contributed by atoms with Crippen LogP contribution in [0.15, 0.2) is 0 Å². The molecular weight excluding hydrogens is 556 g/mol. The van der Waals surface area contributed by atoms with Gasteiger partial charge >= 0.3 is 17.6 Å². The summed E-state index contributed by atoms with van der Waals surface area (Å²) in [5, 5.41) is 0. The zero-order valence-electron chi connectivity index (χ0n) is 26.3. The number of carbonyl (C=O) groups excluding carboxylic acids is 1. The van der Waals surface area contributed by atoms with Crippen LogP contribution in [0, 0.1) is 0 Å². The smallest absolute Gasteiger partial charge is 0.377 e. The number of rotatable bonds is 29. The number of carbonyl (C=O) groups is 1. The van der Waals surface area contributed by atoms with Gasteiger partial charge in [0.2, 0.25) is 12.3 Å². The molecule has 0 saturated carbocycles. The van der Waals surface area contributed by atoms with Crippen LogP contribution < -0.4 is 0 Å². The maximum Gasteiger partial charge on any atom is 0.500 e. The van der Waals surface area contributed by atoms with Gasteiger partial charge in [-0.15, -0.1) is 0 Å². The van der Waals surface area contributed by atoms with Crippen LogP contribution in [-0.4, -0.2) is 90.6 Å². The molecule has 0 aromatic rings. The van der Waals surface area contributed by atoms with Crippen molar-refractivity contribution in [2.75, 3.05) is 55.7 Å². The maximum atomic E-state index is 13.1. The summed E-state index contributed by atoms with van der Waals surface area (Å²) in [5.41, 5.74) is 0. The Morgan fingerprint density at radius 3 is 1.20 bits per heavy atom. The number of unbranched alkanes of at least 4 members (excludes halogenated alkanes) is 11. The van der Waals surface area contributed by atoms with Crippen molar-refractivity contribution in [2.24, 2.45) is 0 Å². The molecular formula is C28H59F2NO7Si2. The first-order chi connectivity index (χ1) is 19.3. The Bertz CT molecular complexity index is 558. The van der Waals surface area contributed by atoms with Crippen LogP contribution in [0.3, 0.4) is 0 Å². The van der Waals surface area contributed by atoms with E-state index in [2.05, 4.69) is 0 Å². The third-order valence-electron chi connectivity index (χ3n) is 7.60. The second kappa shape index (κ2) is 25.1. The number of amides is 1. The van der Waals surface area contributed by atoms with Crippen molar-refractivity contribution in [2.45, 2.75) is 121 Å². The van der Waals surface area contributed by atoms with E-state index in [1.54, 1.807) is 42.7 Å². The highest BCUT2D eigenvalue weighted by molar-refractivity contribution is 6.60. The van der Waals surface area contributed by atoms with E-state index in [9.17, 15) is 13.6 Å². The molecule has 0 aliphatic rings. The molecule has 12 heteroatoms. The van der Waals surface area contributed by atoms with E-state index in [0.717, 1.165) is 51.4 Å². The number of halogens is 2. The summed E-state index contributed by atoms with van der Waals surface area (Å²) in [6.07, 6.45) is 12.9. The molecule has 0 rings (SSSR count). The fourth-order valence-corrected chi connectivity index (χ4v) is 8.35. The molecule has 0 aliphatic heterocycles. The summed E-state index contributed by atoms with van der Waals surface area (Å²) in [4.78, 5) is 15.1. The first kappa shape index (κ1) is 39.5. The number of alkyl halides is 2. The lowest BCUT2D eigenvalue weighted by molar-refractivity contribution is -0.131. The van der Waals surface area contributed by atoms with E-state index in [4.69, 9.17) is 26.6 Å². The zero-order chi connectivity index (χ0) is 30.1. The van der Waals surface area contributed by atoms with Crippen LogP contribution in [0.25, 0.3) is 0 Å². The third-order valence-corrected chi connectivity index (χ3v) is 13.3. The molecule has 0 unspecified atom stereocenters. The highest BCUT2D eigenvalue weighted by Crippen LogP contribution is 2.19.